The van der Waals surface area contributed by atoms with Gasteiger partial charge in [-0.05, 0) is 54.0 Å². The number of rotatable bonds is 8. The summed E-state index contributed by atoms with van der Waals surface area (Å²) < 4.78 is 42.1. The number of anilines is 2. The lowest BCUT2D eigenvalue weighted by molar-refractivity contribution is -0.195. The van der Waals surface area contributed by atoms with Crippen LogP contribution in [0.15, 0.2) is 60.8 Å². The van der Waals surface area contributed by atoms with Crippen molar-refractivity contribution in [1.82, 2.24) is 31.2 Å². The molecule has 45 heavy (non-hydrogen) atoms. The van der Waals surface area contributed by atoms with Crippen molar-refractivity contribution >= 4 is 33.9 Å². The maximum absolute atomic E-state index is 14.0. The topological polar surface area (TPSA) is 117 Å². The SMILES string of the molecule is Cc1c(-c2cn[nH]c2)cccc1[C@H](Nc1cc(Cl)c2ncc(C#N)c(NCC(C)(C)C)c2c1)C1=CN(C2(C(F)(F)F)CC2)NN1. The molecular formula is C32H33ClF3N9. The third-order valence-electron chi connectivity index (χ3n) is 8.26. The highest BCUT2D eigenvalue weighted by Crippen LogP contribution is 2.54. The Balaban J connectivity index is 1.46. The normalized spacial score (nSPS) is 16.6. The number of hydrogen-bond donors (Lipinski definition) is 5. The number of aromatic amines is 1. The van der Waals surface area contributed by atoms with Crippen LogP contribution in [0.3, 0.4) is 0 Å². The number of H-pyrrole nitrogens is 1. The monoisotopic (exact) mass is 635 g/mol. The van der Waals surface area contributed by atoms with Crippen molar-refractivity contribution in [2.45, 2.75) is 58.3 Å². The average Bonchev–Trinajstić information content (AvgIpc) is 3.38. The van der Waals surface area contributed by atoms with Gasteiger partial charge in [0.05, 0.1) is 39.7 Å². The van der Waals surface area contributed by atoms with Crippen LogP contribution in [0.5, 0.6) is 0 Å². The van der Waals surface area contributed by atoms with Crippen molar-refractivity contribution in [3.63, 3.8) is 0 Å². The van der Waals surface area contributed by atoms with Crippen molar-refractivity contribution in [1.29, 1.82) is 5.26 Å². The molecule has 3 heterocycles. The van der Waals surface area contributed by atoms with E-state index in [1.165, 1.54) is 12.4 Å². The van der Waals surface area contributed by atoms with Gasteiger partial charge >= 0.3 is 6.18 Å². The molecule has 6 rings (SSSR count). The maximum Gasteiger partial charge on any atom is 0.413 e. The molecule has 13 heteroatoms. The van der Waals surface area contributed by atoms with Gasteiger partial charge < -0.3 is 16.1 Å². The predicted molar refractivity (Wildman–Crippen MR) is 169 cm³/mol. The van der Waals surface area contributed by atoms with Crippen LogP contribution in [0.25, 0.3) is 22.0 Å². The van der Waals surface area contributed by atoms with Gasteiger partial charge in [0.2, 0.25) is 0 Å². The zero-order valence-electron chi connectivity index (χ0n) is 25.2. The Hall–Kier alpha value is -4.47. The zero-order valence-corrected chi connectivity index (χ0v) is 26.0. The molecule has 1 atom stereocenters. The Kier molecular flexibility index (Phi) is 7.57. The smallest absolute Gasteiger partial charge is 0.383 e. The van der Waals surface area contributed by atoms with Gasteiger partial charge in [0.15, 0.2) is 5.54 Å². The number of halogens is 4. The molecule has 234 valence electrons. The second kappa shape index (κ2) is 11.2. The highest BCUT2D eigenvalue weighted by molar-refractivity contribution is 6.35. The van der Waals surface area contributed by atoms with Crippen LogP contribution in [0.4, 0.5) is 24.5 Å². The Bertz CT molecular complexity index is 1820. The molecule has 1 aliphatic heterocycles. The van der Waals surface area contributed by atoms with E-state index < -0.39 is 17.8 Å². The number of nitrogens with one attached hydrogen (secondary N) is 5. The molecule has 0 bridgehead atoms. The molecular weight excluding hydrogens is 603 g/mol. The fourth-order valence-corrected chi connectivity index (χ4v) is 5.89. The molecule has 0 amide bonds. The number of hydrazine groups is 2. The van der Waals surface area contributed by atoms with E-state index in [0.29, 0.717) is 45.1 Å². The third kappa shape index (κ3) is 5.74. The quantitative estimate of drug-likeness (QED) is 0.137. The fraction of sp³-hybridized carbons (Fsp3) is 0.344. The van der Waals surface area contributed by atoms with E-state index in [9.17, 15) is 18.4 Å². The molecule has 5 N–H and O–H groups in total. The summed E-state index contributed by atoms with van der Waals surface area (Å²) in [5.41, 5.74) is 9.88. The first kappa shape index (κ1) is 30.6. The van der Waals surface area contributed by atoms with E-state index in [0.717, 1.165) is 27.3 Å². The van der Waals surface area contributed by atoms with Crippen molar-refractivity contribution in [3.05, 3.63) is 82.5 Å². The van der Waals surface area contributed by atoms with E-state index in [2.05, 4.69) is 63.6 Å². The highest BCUT2D eigenvalue weighted by atomic mass is 35.5. The molecule has 1 fully saturated rings. The van der Waals surface area contributed by atoms with Crippen molar-refractivity contribution in [2.24, 2.45) is 5.41 Å². The number of nitriles is 1. The van der Waals surface area contributed by atoms with Gasteiger partial charge in [-0.3, -0.25) is 15.1 Å². The van der Waals surface area contributed by atoms with Crippen LogP contribution in [0.1, 0.15) is 56.3 Å². The van der Waals surface area contributed by atoms with Crippen molar-refractivity contribution < 1.29 is 13.2 Å². The number of pyridine rings is 1. The van der Waals surface area contributed by atoms with Crippen LogP contribution >= 0.6 is 11.6 Å². The van der Waals surface area contributed by atoms with Gasteiger partial charge in [-0.1, -0.05) is 50.6 Å². The molecule has 1 saturated carbocycles. The molecule has 4 aromatic rings. The summed E-state index contributed by atoms with van der Waals surface area (Å²) in [6, 6.07) is 11.0. The first-order valence-corrected chi connectivity index (χ1v) is 14.9. The van der Waals surface area contributed by atoms with Crippen LogP contribution in [0, 0.1) is 23.7 Å². The van der Waals surface area contributed by atoms with E-state index in [1.54, 1.807) is 18.5 Å². The van der Waals surface area contributed by atoms with Crippen LogP contribution in [-0.2, 0) is 0 Å². The standard InChI is InChI=1S/C32H33ClF3N9/c1-18-22(20-14-40-41-15-20)6-5-7-23(18)29(26-16-45(44-43-26)31(8-9-31)32(34,35)36)42-21-10-24-27(39-17-30(2,3)4)19(12-37)13-38-28(24)25(33)11-21/h5-7,10-11,13-16,29,42-44H,8-9,17H2,1-4H3,(H,38,39)(H,40,41)/t29-/m0/s1. The Morgan fingerprint density at radius 3 is 2.60 bits per heavy atom. The predicted octanol–water partition coefficient (Wildman–Crippen LogP) is 7.33. The summed E-state index contributed by atoms with van der Waals surface area (Å²) in [5.74, 6) is 0. The Labute approximate surface area is 263 Å². The molecule has 0 spiro atoms. The molecule has 0 unspecified atom stereocenters. The summed E-state index contributed by atoms with van der Waals surface area (Å²) in [7, 11) is 0. The number of benzene rings is 2. The van der Waals surface area contributed by atoms with Crippen molar-refractivity contribution in [3.8, 4) is 17.2 Å². The number of alkyl halides is 3. The molecule has 9 nitrogen and oxygen atoms in total. The van der Waals surface area contributed by atoms with E-state index >= 15 is 0 Å². The third-order valence-corrected chi connectivity index (χ3v) is 8.55. The van der Waals surface area contributed by atoms with Crippen LogP contribution < -0.4 is 21.6 Å². The van der Waals surface area contributed by atoms with E-state index in [-0.39, 0.29) is 18.3 Å². The molecule has 1 aliphatic carbocycles. The second-order valence-electron chi connectivity index (χ2n) is 12.7. The number of hydrogen-bond acceptors (Lipinski definition) is 8. The maximum atomic E-state index is 14.0. The number of nitrogens with zero attached hydrogens (tertiary/aromatic N) is 4. The minimum absolute atomic E-state index is 0.000901. The van der Waals surface area contributed by atoms with Crippen LogP contribution in [0.2, 0.25) is 5.02 Å². The van der Waals surface area contributed by atoms with Gasteiger partial charge in [-0.15, -0.1) is 5.53 Å². The number of aromatic nitrogens is 3. The molecule has 2 aromatic heterocycles. The summed E-state index contributed by atoms with van der Waals surface area (Å²) in [6.07, 6.45) is 2.10. The minimum atomic E-state index is -4.40. The van der Waals surface area contributed by atoms with E-state index in [4.69, 9.17) is 11.6 Å². The minimum Gasteiger partial charge on any atom is -0.383 e. The summed E-state index contributed by atoms with van der Waals surface area (Å²) in [5, 5.41) is 25.9. The lowest BCUT2D eigenvalue weighted by Gasteiger charge is -2.28. The van der Waals surface area contributed by atoms with Gasteiger partial charge in [0.1, 0.15) is 6.07 Å². The van der Waals surface area contributed by atoms with Crippen LogP contribution in [-0.4, -0.2) is 38.5 Å². The Morgan fingerprint density at radius 2 is 1.96 bits per heavy atom. The second-order valence-corrected chi connectivity index (χ2v) is 13.1. The summed E-state index contributed by atoms with van der Waals surface area (Å²) in [4.78, 5) is 4.46. The fourth-order valence-electron chi connectivity index (χ4n) is 5.62. The molecule has 0 radical (unpaired) electrons. The highest BCUT2D eigenvalue weighted by Gasteiger charge is 2.67. The molecule has 2 aromatic carbocycles. The summed E-state index contributed by atoms with van der Waals surface area (Å²) in [6.45, 7) is 8.83. The van der Waals surface area contributed by atoms with Crippen molar-refractivity contribution in [2.75, 3.05) is 17.2 Å². The Morgan fingerprint density at radius 1 is 1.18 bits per heavy atom. The first-order valence-electron chi connectivity index (χ1n) is 14.5. The molecule has 0 saturated heterocycles. The van der Waals surface area contributed by atoms with E-state index in [1.807, 2.05) is 31.2 Å². The van der Waals surface area contributed by atoms with Gasteiger partial charge in [0.25, 0.3) is 0 Å². The van der Waals surface area contributed by atoms with Gasteiger partial charge in [-0.2, -0.15) is 23.5 Å². The first-order chi connectivity index (χ1) is 21.3. The zero-order chi connectivity index (χ0) is 32.1. The average molecular weight is 636 g/mol. The largest absolute Gasteiger partial charge is 0.413 e. The lowest BCUT2D eigenvalue weighted by atomic mass is 9.92. The molecule has 2 aliphatic rings. The number of fused-ring (bicyclic) bond motifs is 1. The summed E-state index contributed by atoms with van der Waals surface area (Å²) >= 11 is 6.77. The lowest BCUT2D eigenvalue weighted by Crippen LogP contribution is -2.52. The van der Waals surface area contributed by atoms with Gasteiger partial charge in [0, 0.05) is 41.8 Å². The van der Waals surface area contributed by atoms with Gasteiger partial charge in [-0.25, -0.2) is 0 Å².